The van der Waals surface area contributed by atoms with Gasteiger partial charge in [0, 0.05) is 12.5 Å². The predicted octanol–water partition coefficient (Wildman–Crippen LogP) is 5.18. The van der Waals surface area contributed by atoms with E-state index in [1.807, 2.05) is 48.6 Å². The minimum Gasteiger partial charge on any atom is -0.482 e. The molecule has 0 atom stereocenters. The van der Waals surface area contributed by atoms with Gasteiger partial charge in [0.25, 0.3) is 0 Å². The van der Waals surface area contributed by atoms with Gasteiger partial charge < -0.3 is 19.5 Å². The number of alkyl carbamates (subject to hydrolysis) is 1. The average molecular weight is 458 g/mol. The van der Waals surface area contributed by atoms with Crippen LogP contribution in [0.2, 0.25) is 0 Å². The third kappa shape index (κ3) is 5.64. The first-order chi connectivity index (χ1) is 16.7. The van der Waals surface area contributed by atoms with Crippen molar-refractivity contribution in [2.75, 3.05) is 26.4 Å². The first-order valence-electron chi connectivity index (χ1n) is 11.3. The molecule has 1 aliphatic rings. The summed E-state index contributed by atoms with van der Waals surface area (Å²) in [7, 11) is 0. The molecule has 6 nitrogen and oxygen atoms in total. The molecular formula is C28H27NO5. The minimum atomic E-state index is -0.450. The van der Waals surface area contributed by atoms with E-state index in [4.69, 9.17) is 14.2 Å². The highest BCUT2D eigenvalue weighted by atomic mass is 16.6. The van der Waals surface area contributed by atoms with Crippen molar-refractivity contribution in [2.45, 2.75) is 12.8 Å². The third-order valence-corrected chi connectivity index (χ3v) is 5.56. The summed E-state index contributed by atoms with van der Waals surface area (Å²) in [6.45, 7) is 2.60. The molecule has 174 valence electrons. The zero-order valence-electron chi connectivity index (χ0n) is 19.0. The Bertz CT molecular complexity index is 1120. The van der Waals surface area contributed by atoms with E-state index in [1.54, 1.807) is 19.1 Å². The normalized spacial score (nSPS) is 12.1. The smallest absolute Gasteiger partial charge is 0.407 e. The molecule has 0 spiro atoms. The highest BCUT2D eigenvalue weighted by Crippen LogP contribution is 2.44. The maximum Gasteiger partial charge on any atom is 0.407 e. The lowest BCUT2D eigenvalue weighted by Gasteiger charge is -2.14. The van der Waals surface area contributed by atoms with E-state index in [0.29, 0.717) is 18.9 Å². The second-order valence-corrected chi connectivity index (χ2v) is 7.77. The van der Waals surface area contributed by atoms with Crippen molar-refractivity contribution in [2.24, 2.45) is 0 Å². The minimum absolute atomic E-state index is 0.0401. The zero-order chi connectivity index (χ0) is 23.8. The van der Waals surface area contributed by atoms with E-state index >= 15 is 0 Å². The summed E-state index contributed by atoms with van der Waals surface area (Å²) in [5.74, 6) is 0.228. The van der Waals surface area contributed by atoms with Crippen LogP contribution in [-0.4, -0.2) is 38.4 Å². The van der Waals surface area contributed by atoms with Gasteiger partial charge in [-0.15, -0.1) is 0 Å². The maximum absolute atomic E-state index is 12.2. The standard InChI is InChI=1S/C28H27NO5/c1-2-32-27(30)19-33-21-15-13-20(14-16-21)8-7-17-29-28(31)34-18-26-24-11-5-3-9-22(24)23-10-4-6-12-25(23)26/h3-16,26H,2,17-19H2,1H3,(H,29,31). The number of carbonyl (C=O) groups is 2. The predicted molar refractivity (Wildman–Crippen MR) is 131 cm³/mol. The van der Waals surface area contributed by atoms with Crippen LogP contribution in [0.3, 0.4) is 0 Å². The first kappa shape index (κ1) is 23.1. The van der Waals surface area contributed by atoms with Gasteiger partial charge in [0.15, 0.2) is 6.61 Å². The molecule has 0 saturated carbocycles. The molecule has 0 saturated heterocycles. The third-order valence-electron chi connectivity index (χ3n) is 5.56. The molecule has 0 aromatic heterocycles. The number of esters is 1. The van der Waals surface area contributed by atoms with Gasteiger partial charge in [-0.1, -0.05) is 72.8 Å². The maximum atomic E-state index is 12.2. The van der Waals surface area contributed by atoms with Crippen LogP contribution in [0.4, 0.5) is 4.79 Å². The Kier molecular flexibility index (Phi) is 7.60. The summed E-state index contributed by atoms with van der Waals surface area (Å²) < 4.78 is 15.7. The summed E-state index contributed by atoms with van der Waals surface area (Å²) in [6, 6.07) is 23.8. The van der Waals surface area contributed by atoms with Crippen LogP contribution < -0.4 is 10.1 Å². The molecule has 1 amide bonds. The number of carbonyl (C=O) groups excluding carboxylic acids is 2. The number of amides is 1. The van der Waals surface area contributed by atoms with Crippen LogP contribution in [0.25, 0.3) is 17.2 Å². The fourth-order valence-electron chi connectivity index (χ4n) is 4.01. The number of rotatable bonds is 9. The molecule has 1 N–H and O–H groups in total. The highest BCUT2D eigenvalue weighted by molar-refractivity contribution is 5.79. The second-order valence-electron chi connectivity index (χ2n) is 7.77. The fraction of sp³-hybridized carbons (Fsp3) is 0.214. The topological polar surface area (TPSA) is 73.9 Å². The van der Waals surface area contributed by atoms with Crippen LogP contribution >= 0.6 is 0 Å². The monoisotopic (exact) mass is 457 g/mol. The zero-order valence-corrected chi connectivity index (χ0v) is 19.0. The summed E-state index contributed by atoms with van der Waals surface area (Å²) in [5, 5.41) is 2.76. The number of hydrogen-bond donors (Lipinski definition) is 1. The van der Waals surface area contributed by atoms with Crippen molar-refractivity contribution < 1.29 is 23.8 Å². The van der Waals surface area contributed by atoms with Crippen LogP contribution in [0.5, 0.6) is 5.75 Å². The van der Waals surface area contributed by atoms with Crippen molar-refractivity contribution in [3.8, 4) is 16.9 Å². The van der Waals surface area contributed by atoms with E-state index in [1.165, 1.54) is 22.3 Å². The van der Waals surface area contributed by atoms with Crippen LogP contribution in [0, 0.1) is 0 Å². The quantitative estimate of drug-likeness (QED) is 0.448. The van der Waals surface area contributed by atoms with Crippen LogP contribution in [0.1, 0.15) is 29.5 Å². The number of ether oxygens (including phenoxy) is 3. The second kappa shape index (κ2) is 11.2. The summed E-state index contributed by atoms with van der Waals surface area (Å²) in [6.07, 6.45) is 3.28. The lowest BCUT2D eigenvalue weighted by atomic mass is 9.98. The molecule has 3 aromatic carbocycles. The fourth-order valence-corrected chi connectivity index (χ4v) is 4.01. The Hall–Kier alpha value is -4.06. The molecule has 0 aliphatic heterocycles. The van der Waals surface area contributed by atoms with Gasteiger partial charge in [0.1, 0.15) is 12.4 Å². The van der Waals surface area contributed by atoms with Gasteiger partial charge >= 0.3 is 12.1 Å². The molecule has 0 radical (unpaired) electrons. The first-order valence-corrected chi connectivity index (χ1v) is 11.3. The molecule has 0 unspecified atom stereocenters. The Balaban J connectivity index is 1.23. The highest BCUT2D eigenvalue weighted by Gasteiger charge is 2.28. The van der Waals surface area contributed by atoms with E-state index in [-0.39, 0.29) is 19.1 Å². The number of benzene rings is 3. The Labute approximate surface area is 199 Å². The van der Waals surface area contributed by atoms with Crippen molar-refractivity contribution in [1.82, 2.24) is 5.32 Å². The van der Waals surface area contributed by atoms with Gasteiger partial charge in [-0.05, 0) is 46.9 Å². The molecule has 34 heavy (non-hydrogen) atoms. The van der Waals surface area contributed by atoms with Crippen molar-refractivity contribution in [3.63, 3.8) is 0 Å². The number of hydrogen-bond acceptors (Lipinski definition) is 5. The molecule has 1 aliphatic carbocycles. The van der Waals surface area contributed by atoms with Gasteiger partial charge in [0.05, 0.1) is 6.61 Å². The Morgan fingerprint density at radius 2 is 1.53 bits per heavy atom. The summed E-state index contributed by atoms with van der Waals surface area (Å²) in [4.78, 5) is 23.6. The largest absolute Gasteiger partial charge is 0.482 e. The van der Waals surface area contributed by atoms with Crippen LogP contribution in [-0.2, 0) is 14.3 Å². The average Bonchev–Trinajstić information content (AvgIpc) is 3.19. The molecule has 6 heteroatoms. The van der Waals surface area contributed by atoms with Crippen molar-refractivity contribution >= 4 is 18.1 Å². The lowest BCUT2D eigenvalue weighted by molar-refractivity contribution is -0.145. The van der Waals surface area contributed by atoms with Crippen molar-refractivity contribution in [3.05, 3.63) is 95.6 Å². The molecule has 3 aromatic rings. The molecule has 4 rings (SSSR count). The molecule has 0 bridgehead atoms. The van der Waals surface area contributed by atoms with E-state index in [2.05, 4.69) is 29.6 Å². The summed E-state index contributed by atoms with van der Waals surface area (Å²) >= 11 is 0. The molecule has 0 fully saturated rings. The Morgan fingerprint density at radius 1 is 0.882 bits per heavy atom. The van der Waals surface area contributed by atoms with Gasteiger partial charge in [-0.2, -0.15) is 0 Å². The van der Waals surface area contributed by atoms with Crippen LogP contribution in [0.15, 0.2) is 78.9 Å². The van der Waals surface area contributed by atoms with E-state index in [0.717, 1.165) is 5.56 Å². The number of fused-ring (bicyclic) bond motifs is 3. The SMILES string of the molecule is CCOC(=O)COc1ccc(C=CCNC(=O)OCC2c3ccccc3-c3ccccc32)cc1. The van der Waals surface area contributed by atoms with Crippen molar-refractivity contribution in [1.29, 1.82) is 0 Å². The molecular weight excluding hydrogens is 430 g/mol. The van der Waals surface area contributed by atoms with Gasteiger partial charge in [-0.25, -0.2) is 9.59 Å². The van der Waals surface area contributed by atoms with Gasteiger partial charge in [0.2, 0.25) is 0 Å². The summed E-state index contributed by atoms with van der Waals surface area (Å²) in [5.41, 5.74) is 5.72. The van der Waals surface area contributed by atoms with Gasteiger partial charge in [-0.3, -0.25) is 0 Å². The van der Waals surface area contributed by atoms with E-state index in [9.17, 15) is 9.59 Å². The van der Waals surface area contributed by atoms with E-state index < -0.39 is 12.1 Å². The Morgan fingerprint density at radius 3 is 2.18 bits per heavy atom. The molecule has 0 heterocycles. The lowest BCUT2D eigenvalue weighted by Crippen LogP contribution is -2.26. The number of nitrogens with one attached hydrogen (secondary N) is 1.